The van der Waals surface area contributed by atoms with E-state index in [2.05, 4.69) is 20.6 Å². The molecule has 0 aliphatic heterocycles. The van der Waals surface area contributed by atoms with Crippen LogP contribution in [-0.4, -0.2) is 34.4 Å². The van der Waals surface area contributed by atoms with Gasteiger partial charge in [-0.15, -0.1) is 0 Å². The topological polar surface area (TPSA) is 110 Å². The molecule has 0 spiro atoms. The molecule has 0 unspecified atom stereocenters. The number of aromatic nitrogens is 2. The van der Waals surface area contributed by atoms with Gasteiger partial charge >= 0.3 is 0 Å². The Morgan fingerprint density at radius 2 is 1.95 bits per heavy atom. The van der Waals surface area contributed by atoms with Gasteiger partial charge in [0, 0.05) is 13.0 Å². The van der Waals surface area contributed by atoms with Crippen LogP contribution in [0.25, 0.3) is 0 Å². The average Bonchev–Trinajstić information content (AvgIpc) is 2.37. The zero-order valence-corrected chi connectivity index (χ0v) is 12.4. The third-order valence-electron chi connectivity index (χ3n) is 2.85. The van der Waals surface area contributed by atoms with Crippen molar-refractivity contribution in [1.82, 2.24) is 15.3 Å². The highest BCUT2D eigenvalue weighted by Gasteiger charge is 2.29. The van der Waals surface area contributed by atoms with Crippen molar-refractivity contribution < 1.29 is 9.59 Å². The normalized spacial score (nSPS) is 11.3. The number of amides is 2. The van der Waals surface area contributed by atoms with E-state index >= 15 is 0 Å². The van der Waals surface area contributed by atoms with E-state index < -0.39 is 17.4 Å². The van der Waals surface area contributed by atoms with E-state index in [4.69, 9.17) is 5.73 Å². The van der Waals surface area contributed by atoms with Crippen LogP contribution in [0.1, 0.15) is 49.9 Å². The molecule has 0 saturated carbocycles. The van der Waals surface area contributed by atoms with Gasteiger partial charge < -0.3 is 16.4 Å². The first-order valence-electron chi connectivity index (χ1n) is 6.36. The van der Waals surface area contributed by atoms with E-state index in [1.54, 1.807) is 13.2 Å². The van der Waals surface area contributed by atoms with Crippen LogP contribution in [0.15, 0.2) is 6.20 Å². The van der Waals surface area contributed by atoms with Crippen LogP contribution < -0.4 is 16.4 Å². The SMILES string of the molecule is CNc1cnc(C(C)C)nc1C(=O)NC(C)(C)C(N)=O. The number of nitrogens with one attached hydrogen (secondary N) is 2. The maximum atomic E-state index is 12.3. The third kappa shape index (κ3) is 3.43. The Balaban J connectivity index is 3.14. The summed E-state index contributed by atoms with van der Waals surface area (Å²) in [5.74, 6) is -0.430. The molecule has 0 saturated heterocycles. The van der Waals surface area contributed by atoms with Gasteiger partial charge in [-0.25, -0.2) is 9.97 Å². The maximum absolute atomic E-state index is 12.3. The number of nitrogens with zero attached hydrogens (tertiary/aromatic N) is 2. The zero-order chi connectivity index (χ0) is 15.5. The molecule has 1 aromatic heterocycles. The lowest BCUT2D eigenvalue weighted by Gasteiger charge is -2.22. The van der Waals surface area contributed by atoms with Crippen molar-refractivity contribution in [3.05, 3.63) is 17.7 Å². The minimum Gasteiger partial charge on any atom is -0.385 e. The van der Waals surface area contributed by atoms with Crippen LogP contribution in [0.3, 0.4) is 0 Å². The summed E-state index contributed by atoms with van der Waals surface area (Å²) in [5, 5.41) is 5.42. The summed E-state index contributed by atoms with van der Waals surface area (Å²) in [6.45, 7) is 6.94. The number of nitrogens with two attached hydrogens (primary N) is 1. The molecular weight excluding hydrogens is 258 g/mol. The Bertz CT molecular complexity index is 525. The molecule has 0 aliphatic carbocycles. The second-order valence-corrected chi connectivity index (χ2v) is 5.34. The zero-order valence-electron chi connectivity index (χ0n) is 12.4. The molecule has 0 atom stereocenters. The number of rotatable bonds is 5. The molecule has 4 N–H and O–H groups in total. The van der Waals surface area contributed by atoms with E-state index in [1.165, 1.54) is 13.8 Å². The van der Waals surface area contributed by atoms with Crippen LogP contribution >= 0.6 is 0 Å². The molecule has 1 heterocycles. The summed E-state index contributed by atoms with van der Waals surface area (Å²) in [5.41, 5.74) is 4.78. The van der Waals surface area contributed by atoms with Gasteiger partial charge in [-0.2, -0.15) is 0 Å². The van der Waals surface area contributed by atoms with Gasteiger partial charge in [-0.05, 0) is 13.8 Å². The highest BCUT2D eigenvalue weighted by Crippen LogP contribution is 2.16. The second-order valence-electron chi connectivity index (χ2n) is 5.34. The van der Waals surface area contributed by atoms with Crippen molar-refractivity contribution >= 4 is 17.5 Å². The van der Waals surface area contributed by atoms with Gasteiger partial charge in [0.1, 0.15) is 11.4 Å². The number of primary amides is 1. The van der Waals surface area contributed by atoms with Crippen molar-refractivity contribution in [3.8, 4) is 0 Å². The average molecular weight is 279 g/mol. The van der Waals surface area contributed by atoms with Crippen molar-refractivity contribution in [1.29, 1.82) is 0 Å². The number of anilines is 1. The first-order valence-corrected chi connectivity index (χ1v) is 6.36. The standard InChI is InChI=1S/C13H21N5O2/c1-7(2)10-16-6-8(15-5)9(17-10)11(19)18-13(3,4)12(14)20/h6-7,15H,1-5H3,(H2,14,20)(H,18,19). The smallest absolute Gasteiger partial charge is 0.273 e. The Labute approximate surface area is 118 Å². The number of carbonyl (C=O) groups is 2. The first-order chi connectivity index (χ1) is 9.19. The quantitative estimate of drug-likeness (QED) is 0.732. The first kappa shape index (κ1) is 15.9. The van der Waals surface area contributed by atoms with Crippen LogP contribution in [0.4, 0.5) is 5.69 Å². The van der Waals surface area contributed by atoms with Gasteiger partial charge in [-0.3, -0.25) is 9.59 Å². The molecule has 110 valence electrons. The van der Waals surface area contributed by atoms with Gasteiger partial charge in [0.05, 0.1) is 11.9 Å². The maximum Gasteiger partial charge on any atom is 0.273 e. The molecule has 0 aliphatic rings. The summed E-state index contributed by atoms with van der Waals surface area (Å²) in [4.78, 5) is 32.0. The number of carbonyl (C=O) groups excluding carboxylic acids is 2. The Kier molecular flexibility index (Phi) is 4.65. The summed E-state index contributed by atoms with van der Waals surface area (Å²) in [7, 11) is 1.67. The van der Waals surface area contributed by atoms with Gasteiger partial charge in [0.15, 0.2) is 5.69 Å². The van der Waals surface area contributed by atoms with Crippen molar-refractivity contribution in [3.63, 3.8) is 0 Å². The summed E-state index contributed by atoms with van der Waals surface area (Å²) < 4.78 is 0. The molecule has 0 radical (unpaired) electrons. The molecule has 1 rings (SSSR count). The minimum absolute atomic E-state index is 0.0941. The van der Waals surface area contributed by atoms with Crippen LogP contribution in [0.2, 0.25) is 0 Å². The van der Waals surface area contributed by atoms with E-state index in [0.717, 1.165) is 0 Å². The van der Waals surface area contributed by atoms with Crippen LogP contribution in [-0.2, 0) is 4.79 Å². The lowest BCUT2D eigenvalue weighted by molar-refractivity contribution is -0.122. The molecule has 0 fully saturated rings. The lowest BCUT2D eigenvalue weighted by Crippen LogP contribution is -2.53. The molecule has 1 aromatic rings. The summed E-state index contributed by atoms with van der Waals surface area (Å²) >= 11 is 0. The Morgan fingerprint density at radius 3 is 2.40 bits per heavy atom. The van der Waals surface area contributed by atoms with Gasteiger partial charge in [-0.1, -0.05) is 13.8 Å². The Hall–Kier alpha value is -2.18. The molecular formula is C13H21N5O2. The fourth-order valence-electron chi connectivity index (χ4n) is 1.43. The summed E-state index contributed by atoms with van der Waals surface area (Å²) in [6.07, 6.45) is 1.55. The lowest BCUT2D eigenvalue weighted by atomic mass is 10.0. The van der Waals surface area contributed by atoms with Gasteiger partial charge in [0.2, 0.25) is 5.91 Å². The number of hydrogen-bond acceptors (Lipinski definition) is 5. The predicted molar refractivity (Wildman–Crippen MR) is 76.4 cm³/mol. The molecule has 2 amide bonds. The van der Waals surface area contributed by atoms with Crippen molar-refractivity contribution in [2.75, 3.05) is 12.4 Å². The molecule has 7 heteroatoms. The van der Waals surface area contributed by atoms with Crippen LogP contribution in [0, 0.1) is 0 Å². The predicted octanol–water partition coefficient (Wildman–Crippen LogP) is 0.635. The monoisotopic (exact) mass is 279 g/mol. The fourth-order valence-corrected chi connectivity index (χ4v) is 1.43. The third-order valence-corrected chi connectivity index (χ3v) is 2.85. The molecule has 0 bridgehead atoms. The molecule has 7 nitrogen and oxygen atoms in total. The number of hydrogen-bond donors (Lipinski definition) is 3. The molecule has 20 heavy (non-hydrogen) atoms. The van der Waals surface area contributed by atoms with Crippen molar-refractivity contribution in [2.45, 2.75) is 39.2 Å². The van der Waals surface area contributed by atoms with Crippen LogP contribution in [0.5, 0.6) is 0 Å². The highest BCUT2D eigenvalue weighted by atomic mass is 16.2. The highest BCUT2D eigenvalue weighted by molar-refractivity contribution is 6.00. The fraction of sp³-hybridized carbons (Fsp3) is 0.538. The Morgan fingerprint density at radius 1 is 1.35 bits per heavy atom. The minimum atomic E-state index is -1.15. The second kappa shape index (κ2) is 5.85. The molecule has 0 aromatic carbocycles. The largest absolute Gasteiger partial charge is 0.385 e. The van der Waals surface area contributed by atoms with Gasteiger partial charge in [0.25, 0.3) is 5.91 Å². The van der Waals surface area contributed by atoms with E-state index in [0.29, 0.717) is 11.5 Å². The summed E-state index contributed by atoms with van der Waals surface area (Å²) in [6, 6.07) is 0. The van der Waals surface area contributed by atoms with Crippen molar-refractivity contribution in [2.24, 2.45) is 5.73 Å². The van der Waals surface area contributed by atoms with E-state index in [1.807, 2.05) is 13.8 Å². The van der Waals surface area contributed by atoms with E-state index in [-0.39, 0.29) is 11.6 Å². The van der Waals surface area contributed by atoms with E-state index in [9.17, 15) is 9.59 Å².